The molecule has 0 saturated heterocycles. The normalized spacial score (nSPS) is 35.5. The summed E-state index contributed by atoms with van der Waals surface area (Å²) in [6.07, 6.45) is 11.2. The molecule has 1 N–H and O–H groups in total. The molecule has 0 bridgehead atoms. The fourth-order valence-electron chi connectivity index (χ4n) is 3.81. The summed E-state index contributed by atoms with van der Waals surface area (Å²) in [4.78, 5) is 4.85. The standard InChI is InChI=1S/C15H26N2S/c1-12-5-4-6-13(9-12)17-14-16-10-15(11-18-14)7-2-3-8-15/h12-13H,2-11H2,1H3,(H,16,17). The summed E-state index contributed by atoms with van der Waals surface area (Å²) in [6.45, 7) is 3.47. The Hall–Kier alpha value is -0.180. The molecule has 2 unspecified atom stereocenters. The molecular weight excluding hydrogens is 240 g/mol. The van der Waals surface area contributed by atoms with Crippen molar-refractivity contribution in [1.82, 2.24) is 5.32 Å². The molecule has 18 heavy (non-hydrogen) atoms. The second-order valence-corrected chi connectivity index (χ2v) is 7.69. The molecule has 1 heterocycles. The van der Waals surface area contributed by atoms with Gasteiger partial charge >= 0.3 is 0 Å². The van der Waals surface area contributed by atoms with Crippen LogP contribution in [0.5, 0.6) is 0 Å². The van der Waals surface area contributed by atoms with E-state index in [1.807, 2.05) is 11.8 Å². The van der Waals surface area contributed by atoms with Gasteiger partial charge in [0.2, 0.25) is 0 Å². The fourth-order valence-corrected chi connectivity index (χ4v) is 5.04. The minimum Gasteiger partial charge on any atom is -0.362 e. The van der Waals surface area contributed by atoms with Crippen LogP contribution in [-0.2, 0) is 0 Å². The van der Waals surface area contributed by atoms with Gasteiger partial charge in [-0.05, 0) is 37.0 Å². The molecule has 3 heteroatoms. The van der Waals surface area contributed by atoms with Crippen molar-refractivity contribution in [2.45, 2.75) is 64.3 Å². The SMILES string of the molecule is CC1CCCC(NC2=NCC3(CCCC3)CS2)C1. The van der Waals surface area contributed by atoms with Gasteiger partial charge < -0.3 is 5.32 Å². The third kappa shape index (κ3) is 2.87. The first-order chi connectivity index (χ1) is 8.76. The quantitative estimate of drug-likeness (QED) is 0.780. The highest BCUT2D eigenvalue weighted by atomic mass is 32.2. The van der Waals surface area contributed by atoms with Gasteiger partial charge in [-0.15, -0.1) is 0 Å². The van der Waals surface area contributed by atoms with E-state index in [-0.39, 0.29) is 0 Å². The van der Waals surface area contributed by atoms with Crippen LogP contribution in [0.2, 0.25) is 0 Å². The Bertz CT molecular complexity index is 320. The van der Waals surface area contributed by atoms with E-state index in [0.29, 0.717) is 11.5 Å². The molecule has 0 radical (unpaired) electrons. The lowest BCUT2D eigenvalue weighted by atomic mass is 9.87. The number of aliphatic imine (C=N–C) groups is 1. The maximum atomic E-state index is 4.85. The lowest BCUT2D eigenvalue weighted by Gasteiger charge is -2.34. The molecule has 2 aliphatic carbocycles. The molecular formula is C15H26N2S. The van der Waals surface area contributed by atoms with Crippen molar-refractivity contribution in [3.05, 3.63) is 0 Å². The third-order valence-corrected chi connectivity index (χ3v) is 6.28. The van der Waals surface area contributed by atoms with E-state index in [4.69, 9.17) is 4.99 Å². The van der Waals surface area contributed by atoms with Crippen molar-refractivity contribution in [2.24, 2.45) is 16.3 Å². The smallest absolute Gasteiger partial charge is 0.156 e. The van der Waals surface area contributed by atoms with Gasteiger partial charge in [0, 0.05) is 18.3 Å². The molecule has 0 amide bonds. The number of hydrogen-bond acceptors (Lipinski definition) is 3. The second-order valence-electron chi connectivity index (χ2n) is 6.73. The van der Waals surface area contributed by atoms with Gasteiger partial charge in [-0.2, -0.15) is 0 Å². The summed E-state index contributed by atoms with van der Waals surface area (Å²) in [7, 11) is 0. The van der Waals surface area contributed by atoms with Crippen LogP contribution in [-0.4, -0.2) is 23.5 Å². The summed E-state index contributed by atoms with van der Waals surface area (Å²) >= 11 is 1.99. The van der Waals surface area contributed by atoms with Crippen molar-refractivity contribution >= 4 is 16.9 Å². The van der Waals surface area contributed by atoms with E-state index in [9.17, 15) is 0 Å². The Morgan fingerprint density at radius 1 is 1.22 bits per heavy atom. The van der Waals surface area contributed by atoms with E-state index >= 15 is 0 Å². The number of thioether (sulfide) groups is 1. The van der Waals surface area contributed by atoms with Gasteiger partial charge in [0.25, 0.3) is 0 Å². The molecule has 3 aliphatic rings. The van der Waals surface area contributed by atoms with Crippen LogP contribution in [0.4, 0.5) is 0 Å². The van der Waals surface area contributed by atoms with Gasteiger partial charge in [0.05, 0.1) is 0 Å². The maximum absolute atomic E-state index is 4.85. The zero-order valence-electron chi connectivity index (χ0n) is 11.6. The first kappa shape index (κ1) is 12.8. The largest absolute Gasteiger partial charge is 0.362 e. The van der Waals surface area contributed by atoms with Crippen molar-refractivity contribution in [2.75, 3.05) is 12.3 Å². The van der Waals surface area contributed by atoms with Gasteiger partial charge in [-0.25, -0.2) is 0 Å². The lowest BCUT2D eigenvalue weighted by molar-refractivity contribution is 0.324. The molecule has 2 atom stereocenters. The molecule has 0 aromatic heterocycles. The average Bonchev–Trinajstić information content (AvgIpc) is 2.81. The van der Waals surface area contributed by atoms with E-state index in [1.54, 1.807) is 0 Å². The zero-order valence-corrected chi connectivity index (χ0v) is 12.4. The molecule has 1 aliphatic heterocycles. The Morgan fingerprint density at radius 3 is 2.72 bits per heavy atom. The highest BCUT2D eigenvalue weighted by Gasteiger charge is 2.36. The fraction of sp³-hybridized carbons (Fsp3) is 0.933. The Balaban J connectivity index is 1.53. The number of amidine groups is 1. The minimum absolute atomic E-state index is 0.579. The summed E-state index contributed by atoms with van der Waals surface area (Å²) < 4.78 is 0. The summed E-state index contributed by atoms with van der Waals surface area (Å²) in [5.74, 6) is 2.20. The lowest BCUT2D eigenvalue weighted by Crippen LogP contribution is -2.40. The van der Waals surface area contributed by atoms with E-state index in [0.717, 1.165) is 12.5 Å². The van der Waals surface area contributed by atoms with Crippen LogP contribution >= 0.6 is 11.8 Å². The topological polar surface area (TPSA) is 24.4 Å². The highest BCUT2D eigenvalue weighted by molar-refractivity contribution is 8.13. The van der Waals surface area contributed by atoms with Crippen LogP contribution in [0.3, 0.4) is 0 Å². The van der Waals surface area contributed by atoms with Gasteiger partial charge in [0.15, 0.2) is 5.17 Å². The van der Waals surface area contributed by atoms with Crippen LogP contribution < -0.4 is 5.32 Å². The Morgan fingerprint density at radius 2 is 2.06 bits per heavy atom. The summed E-state index contributed by atoms with van der Waals surface area (Å²) in [5.41, 5.74) is 0.579. The molecule has 2 nitrogen and oxygen atoms in total. The minimum atomic E-state index is 0.579. The molecule has 0 aromatic carbocycles. The van der Waals surface area contributed by atoms with Crippen LogP contribution in [0, 0.1) is 11.3 Å². The molecule has 2 fully saturated rings. The second kappa shape index (κ2) is 5.44. The van der Waals surface area contributed by atoms with Crippen molar-refractivity contribution < 1.29 is 0 Å². The number of hydrogen-bond donors (Lipinski definition) is 1. The highest BCUT2D eigenvalue weighted by Crippen LogP contribution is 2.43. The third-order valence-electron chi connectivity index (χ3n) is 5.00. The zero-order chi connectivity index (χ0) is 12.4. The Kier molecular flexibility index (Phi) is 3.88. The number of rotatable bonds is 1. The van der Waals surface area contributed by atoms with Crippen molar-refractivity contribution in [3.8, 4) is 0 Å². The van der Waals surface area contributed by atoms with E-state index < -0.39 is 0 Å². The number of nitrogens with one attached hydrogen (secondary N) is 1. The first-order valence-corrected chi connectivity index (χ1v) is 8.68. The molecule has 2 saturated carbocycles. The van der Waals surface area contributed by atoms with Gasteiger partial charge in [-0.3, -0.25) is 4.99 Å². The average molecular weight is 266 g/mol. The van der Waals surface area contributed by atoms with E-state index in [1.165, 1.54) is 62.3 Å². The monoisotopic (exact) mass is 266 g/mol. The predicted octanol–water partition coefficient (Wildman–Crippen LogP) is 3.82. The Labute approximate surface area is 115 Å². The van der Waals surface area contributed by atoms with Gasteiger partial charge in [-0.1, -0.05) is 44.4 Å². The molecule has 1 spiro atoms. The van der Waals surface area contributed by atoms with Crippen molar-refractivity contribution in [3.63, 3.8) is 0 Å². The number of nitrogens with zero attached hydrogens (tertiary/aromatic N) is 1. The van der Waals surface area contributed by atoms with E-state index in [2.05, 4.69) is 12.2 Å². The molecule has 102 valence electrons. The first-order valence-electron chi connectivity index (χ1n) is 7.70. The van der Waals surface area contributed by atoms with Crippen LogP contribution in [0.1, 0.15) is 58.3 Å². The molecule has 3 rings (SSSR count). The predicted molar refractivity (Wildman–Crippen MR) is 80.2 cm³/mol. The molecule has 0 aromatic rings. The van der Waals surface area contributed by atoms with Crippen molar-refractivity contribution in [1.29, 1.82) is 0 Å². The maximum Gasteiger partial charge on any atom is 0.156 e. The van der Waals surface area contributed by atoms with Crippen LogP contribution in [0.15, 0.2) is 4.99 Å². The van der Waals surface area contributed by atoms with Crippen LogP contribution in [0.25, 0.3) is 0 Å². The summed E-state index contributed by atoms with van der Waals surface area (Å²) in [6, 6.07) is 0.692. The van der Waals surface area contributed by atoms with Gasteiger partial charge in [0.1, 0.15) is 0 Å². The summed E-state index contributed by atoms with van der Waals surface area (Å²) in [5, 5.41) is 4.95.